The van der Waals surface area contributed by atoms with Gasteiger partial charge in [0.15, 0.2) is 5.82 Å². The normalized spacial score (nSPS) is 21.0. The number of rotatable bonds is 7. The van der Waals surface area contributed by atoms with Crippen LogP contribution in [0.3, 0.4) is 0 Å². The highest BCUT2D eigenvalue weighted by Crippen LogP contribution is 2.33. The van der Waals surface area contributed by atoms with Gasteiger partial charge in [0.1, 0.15) is 12.4 Å². The van der Waals surface area contributed by atoms with Crippen molar-refractivity contribution >= 4 is 28.3 Å². The molecular formula is C30H35N9O2. The predicted octanol–water partition coefficient (Wildman–Crippen LogP) is 2.57. The van der Waals surface area contributed by atoms with Crippen LogP contribution >= 0.6 is 0 Å². The van der Waals surface area contributed by atoms with Gasteiger partial charge in [-0.05, 0) is 38.9 Å². The summed E-state index contributed by atoms with van der Waals surface area (Å²) in [5.41, 5.74) is 1.99. The van der Waals surface area contributed by atoms with Crippen LogP contribution in [0.25, 0.3) is 10.8 Å². The molecule has 6 rings (SSSR count). The van der Waals surface area contributed by atoms with Crippen LogP contribution in [-0.2, 0) is 17.8 Å². The molecule has 3 aliphatic heterocycles. The van der Waals surface area contributed by atoms with Crippen LogP contribution in [0.1, 0.15) is 30.5 Å². The molecule has 1 unspecified atom stereocenters. The molecule has 2 aromatic heterocycles. The number of benzene rings is 1. The molecule has 11 nitrogen and oxygen atoms in total. The number of ether oxygens (including phenoxy) is 1. The molecule has 1 aromatic carbocycles. The highest BCUT2D eigenvalue weighted by molar-refractivity contribution is 5.91. The molecule has 0 aliphatic carbocycles. The van der Waals surface area contributed by atoms with Crippen LogP contribution in [0.2, 0.25) is 0 Å². The number of nitriles is 1. The minimum absolute atomic E-state index is 0.147. The number of anilines is 2. The summed E-state index contributed by atoms with van der Waals surface area (Å²) in [5.74, 6) is 1.53. The summed E-state index contributed by atoms with van der Waals surface area (Å²) in [6.07, 6.45) is 6.34. The molecule has 0 spiro atoms. The average Bonchev–Trinajstić information content (AvgIpc) is 3.43. The fourth-order valence-electron chi connectivity index (χ4n) is 6.24. The Hall–Kier alpha value is -4.30. The van der Waals surface area contributed by atoms with Gasteiger partial charge in [-0.25, -0.2) is 0 Å². The summed E-state index contributed by atoms with van der Waals surface area (Å²) in [6, 6.07) is 10.9. The number of likely N-dealkylation sites (tertiary alicyclic amines) is 1. The summed E-state index contributed by atoms with van der Waals surface area (Å²) in [4.78, 5) is 30.9. The number of likely N-dealkylation sites (N-methyl/N-ethyl adjacent to an activating group) is 1. The standard InChI is InChI=1S/C30H35N9O2/c1-3-27(40)39-16-15-38(18-22(39)10-12-31)28-25-11-14-37(29-24-9-5-4-7-21(24)17-32-35-29)19-26(25)33-30(34-28)41-20-23-8-6-13-36(23)2/h3-5,7,9,17,22-23H,1,6,8,10-11,13-16,18-20H2,2H3/t22?,23-/m0/s1. The van der Waals surface area contributed by atoms with E-state index in [1.807, 2.05) is 18.2 Å². The van der Waals surface area contributed by atoms with Crippen molar-refractivity contribution in [3.63, 3.8) is 0 Å². The summed E-state index contributed by atoms with van der Waals surface area (Å²) in [7, 11) is 2.13. The Balaban J connectivity index is 1.33. The lowest BCUT2D eigenvalue weighted by Gasteiger charge is -2.42. The van der Waals surface area contributed by atoms with Gasteiger partial charge in [0.25, 0.3) is 0 Å². The van der Waals surface area contributed by atoms with E-state index >= 15 is 0 Å². The number of fused-ring (bicyclic) bond motifs is 2. The molecule has 5 heterocycles. The first-order valence-electron chi connectivity index (χ1n) is 14.3. The molecule has 3 aromatic rings. The van der Waals surface area contributed by atoms with Crippen LogP contribution in [-0.4, -0.2) is 94.3 Å². The van der Waals surface area contributed by atoms with Crippen molar-refractivity contribution in [1.29, 1.82) is 5.26 Å². The Labute approximate surface area is 240 Å². The third-order valence-corrected chi connectivity index (χ3v) is 8.52. The highest BCUT2D eigenvalue weighted by atomic mass is 16.5. The lowest BCUT2D eigenvalue weighted by atomic mass is 10.0. The van der Waals surface area contributed by atoms with Gasteiger partial charge in [0.05, 0.1) is 37.0 Å². The molecule has 0 radical (unpaired) electrons. The van der Waals surface area contributed by atoms with E-state index in [1.54, 1.807) is 11.1 Å². The number of aromatic nitrogens is 4. The van der Waals surface area contributed by atoms with Gasteiger partial charge in [-0.1, -0.05) is 30.8 Å². The van der Waals surface area contributed by atoms with Gasteiger partial charge in [0, 0.05) is 48.6 Å². The van der Waals surface area contributed by atoms with E-state index in [0.717, 1.165) is 66.0 Å². The van der Waals surface area contributed by atoms with Crippen LogP contribution < -0.4 is 14.5 Å². The van der Waals surface area contributed by atoms with E-state index in [4.69, 9.17) is 14.7 Å². The summed E-state index contributed by atoms with van der Waals surface area (Å²) >= 11 is 0. The van der Waals surface area contributed by atoms with Crippen LogP contribution in [0.15, 0.2) is 43.1 Å². The topological polar surface area (TPSA) is 115 Å². The third-order valence-electron chi connectivity index (χ3n) is 8.52. The van der Waals surface area contributed by atoms with Gasteiger partial charge in [-0.3, -0.25) is 4.79 Å². The largest absolute Gasteiger partial charge is 0.462 e. The van der Waals surface area contributed by atoms with Crippen molar-refractivity contribution in [2.24, 2.45) is 0 Å². The van der Waals surface area contributed by atoms with Gasteiger partial charge >= 0.3 is 6.01 Å². The van der Waals surface area contributed by atoms with E-state index in [0.29, 0.717) is 44.8 Å². The molecule has 1 amide bonds. The van der Waals surface area contributed by atoms with Crippen molar-refractivity contribution in [2.45, 2.75) is 44.3 Å². The summed E-state index contributed by atoms with van der Waals surface area (Å²) < 4.78 is 6.25. The minimum Gasteiger partial charge on any atom is -0.462 e. The van der Waals surface area contributed by atoms with Crippen molar-refractivity contribution in [1.82, 2.24) is 30.0 Å². The highest BCUT2D eigenvalue weighted by Gasteiger charge is 2.34. The zero-order chi connectivity index (χ0) is 28.3. The van der Waals surface area contributed by atoms with Gasteiger partial charge in [-0.15, -0.1) is 5.10 Å². The number of carbonyl (C=O) groups excluding carboxylic acids is 1. The maximum absolute atomic E-state index is 12.5. The SMILES string of the molecule is C=CC(=O)N1CCN(c2nc(OC[C@@H]3CCCN3C)nc3c2CCN(c2nncc4ccccc24)C3)CC1CC#N. The third kappa shape index (κ3) is 5.39. The fourth-order valence-corrected chi connectivity index (χ4v) is 6.24. The van der Waals surface area contributed by atoms with Gasteiger partial charge in [0.2, 0.25) is 5.91 Å². The van der Waals surface area contributed by atoms with E-state index < -0.39 is 0 Å². The Kier molecular flexibility index (Phi) is 7.65. The molecule has 0 bridgehead atoms. The molecular weight excluding hydrogens is 518 g/mol. The van der Waals surface area contributed by atoms with Crippen molar-refractivity contribution < 1.29 is 9.53 Å². The molecule has 41 heavy (non-hydrogen) atoms. The monoisotopic (exact) mass is 553 g/mol. The van der Waals surface area contributed by atoms with Crippen LogP contribution in [0, 0.1) is 11.3 Å². The second-order valence-electron chi connectivity index (χ2n) is 11.0. The second kappa shape index (κ2) is 11.7. The molecule has 11 heteroatoms. The maximum atomic E-state index is 12.5. The van der Waals surface area contributed by atoms with Gasteiger partial charge < -0.3 is 24.3 Å². The summed E-state index contributed by atoms with van der Waals surface area (Å²) in [5, 5.41) is 20.4. The molecule has 2 saturated heterocycles. The van der Waals surface area contributed by atoms with Crippen molar-refractivity contribution in [2.75, 3.05) is 56.2 Å². The molecule has 0 N–H and O–H groups in total. The Morgan fingerprint density at radius 2 is 2.02 bits per heavy atom. The van der Waals surface area contributed by atoms with E-state index in [-0.39, 0.29) is 18.4 Å². The lowest BCUT2D eigenvalue weighted by Crippen LogP contribution is -2.55. The number of carbonyl (C=O) groups is 1. The van der Waals surface area contributed by atoms with Gasteiger partial charge in [-0.2, -0.15) is 20.3 Å². The average molecular weight is 554 g/mol. The molecule has 2 fully saturated rings. The summed E-state index contributed by atoms with van der Waals surface area (Å²) in [6.45, 7) is 8.17. The number of amides is 1. The van der Waals surface area contributed by atoms with Crippen molar-refractivity contribution in [3.05, 3.63) is 54.4 Å². The van der Waals surface area contributed by atoms with E-state index in [9.17, 15) is 10.1 Å². The molecule has 3 aliphatic rings. The number of hydrogen-bond acceptors (Lipinski definition) is 10. The van der Waals surface area contributed by atoms with E-state index in [1.165, 1.54) is 6.08 Å². The minimum atomic E-state index is -0.243. The number of nitrogens with zero attached hydrogens (tertiary/aromatic N) is 9. The molecule has 2 atom stereocenters. The number of piperazine rings is 1. The first-order chi connectivity index (χ1) is 20.1. The maximum Gasteiger partial charge on any atom is 0.318 e. The lowest BCUT2D eigenvalue weighted by molar-refractivity contribution is -0.128. The smallest absolute Gasteiger partial charge is 0.318 e. The second-order valence-corrected chi connectivity index (χ2v) is 11.0. The molecule has 212 valence electrons. The first-order valence-corrected chi connectivity index (χ1v) is 14.3. The quantitative estimate of drug-likeness (QED) is 0.404. The van der Waals surface area contributed by atoms with E-state index in [2.05, 4.69) is 50.7 Å². The van der Waals surface area contributed by atoms with Crippen LogP contribution in [0.4, 0.5) is 11.6 Å². The Morgan fingerprint density at radius 3 is 2.83 bits per heavy atom. The fraction of sp³-hybridized carbons (Fsp3) is 0.467. The Morgan fingerprint density at radius 1 is 1.15 bits per heavy atom. The zero-order valence-corrected chi connectivity index (χ0v) is 23.4. The number of hydrogen-bond donors (Lipinski definition) is 0. The predicted molar refractivity (Wildman–Crippen MR) is 156 cm³/mol. The zero-order valence-electron chi connectivity index (χ0n) is 23.4. The first kappa shape index (κ1) is 26.9. The van der Waals surface area contributed by atoms with Crippen molar-refractivity contribution in [3.8, 4) is 12.1 Å². The molecule has 0 saturated carbocycles. The van der Waals surface area contributed by atoms with Crippen LogP contribution in [0.5, 0.6) is 6.01 Å². The Bertz CT molecular complexity index is 1480.